The van der Waals surface area contributed by atoms with Crippen molar-refractivity contribution in [2.75, 3.05) is 39.9 Å². The third kappa shape index (κ3) is 2.80. The van der Waals surface area contributed by atoms with E-state index in [1.54, 1.807) is 30.2 Å². The summed E-state index contributed by atoms with van der Waals surface area (Å²) >= 11 is 5.83. The quantitative estimate of drug-likeness (QED) is 0.773. The minimum absolute atomic E-state index is 0.0972. The van der Waals surface area contributed by atoms with Gasteiger partial charge < -0.3 is 14.5 Å². The van der Waals surface area contributed by atoms with Gasteiger partial charge in [0.2, 0.25) is 5.91 Å². The number of carbonyl (C=O) groups excluding carboxylic acids is 2. The van der Waals surface area contributed by atoms with E-state index >= 15 is 0 Å². The van der Waals surface area contributed by atoms with Gasteiger partial charge in [0, 0.05) is 39.2 Å². The number of amides is 2. The molecule has 0 aromatic carbocycles. The first-order valence-corrected chi connectivity index (χ1v) is 7.67. The first kappa shape index (κ1) is 15.2. The summed E-state index contributed by atoms with van der Waals surface area (Å²) < 4.78 is 5.02. The van der Waals surface area contributed by atoms with Crippen molar-refractivity contribution in [3.63, 3.8) is 0 Å². The first-order chi connectivity index (χ1) is 10.6. The predicted molar refractivity (Wildman–Crippen MR) is 80.6 cm³/mol. The van der Waals surface area contributed by atoms with Gasteiger partial charge in [-0.2, -0.15) is 0 Å². The van der Waals surface area contributed by atoms with Crippen molar-refractivity contribution in [3.05, 3.63) is 29.0 Å². The van der Waals surface area contributed by atoms with E-state index < -0.39 is 0 Å². The Morgan fingerprint density at radius 1 is 1.41 bits per heavy atom. The summed E-state index contributed by atoms with van der Waals surface area (Å²) in [6.07, 6.45) is 0. The normalized spacial score (nSPS) is 24.0. The van der Waals surface area contributed by atoms with Crippen molar-refractivity contribution in [3.8, 4) is 0 Å². The standard InChI is InChI=1S/C15H18ClN3O3/c1-22-6-5-18-7-10-8-19(9-11(10)14(18)20)15(21)12-3-2-4-13(16)17-12/h2-4,10-11H,5-9H2,1H3/t10-,11+/m1/s1. The van der Waals surface area contributed by atoms with Crippen LogP contribution in [0.5, 0.6) is 0 Å². The van der Waals surface area contributed by atoms with E-state index in [9.17, 15) is 9.59 Å². The molecule has 0 aliphatic carbocycles. The average Bonchev–Trinajstić information content (AvgIpc) is 3.04. The van der Waals surface area contributed by atoms with E-state index in [1.807, 2.05) is 4.90 Å². The van der Waals surface area contributed by atoms with E-state index in [4.69, 9.17) is 16.3 Å². The zero-order chi connectivity index (χ0) is 15.7. The lowest BCUT2D eigenvalue weighted by atomic mass is 10.0. The Hall–Kier alpha value is -1.66. The maximum Gasteiger partial charge on any atom is 0.272 e. The summed E-state index contributed by atoms with van der Waals surface area (Å²) in [7, 11) is 1.62. The number of ether oxygens (including phenoxy) is 1. The van der Waals surface area contributed by atoms with Crippen LogP contribution in [0.4, 0.5) is 0 Å². The average molecular weight is 324 g/mol. The summed E-state index contributed by atoms with van der Waals surface area (Å²) in [6, 6.07) is 4.99. The Labute approximate surface area is 134 Å². The number of aromatic nitrogens is 1. The van der Waals surface area contributed by atoms with Crippen LogP contribution >= 0.6 is 11.6 Å². The number of hydrogen-bond donors (Lipinski definition) is 0. The molecular formula is C15H18ClN3O3. The molecule has 2 amide bonds. The van der Waals surface area contributed by atoms with Gasteiger partial charge in [-0.15, -0.1) is 0 Å². The van der Waals surface area contributed by atoms with Gasteiger partial charge in [-0.25, -0.2) is 4.98 Å². The van der Waals surface area contributed by atoms with Gasteiger partial charge in [0.25, 0.3) is 5.91 Å². The Balaban J connectivity index is 1.65. The Morgan fingerprint density at radius 3 is 2.91 bits per heavy atom. The van der Waals surface area contributed by atoms with Gasteiger partial charge in [0.05, 0.1) is 12.5 Å². The van der Waals surface area contributed by atoms with Gasteiger partial charge in [-0.3, -0.25) is 9.59 Å². The van der Waals surface area contributed by atoms with Crippen molar-refractivity contribution >= 4 is 23.4 Å². The summed E-state index contributed by atoms with van der Waals surface area (Å²) in [5, 5.41) is 0.298. The summed E-state index contributed by atoms with van der Waals surface area (Å²) in [4.78, 5) is 32.4. The molecule has 2 aliphatic rings. The molecule has 2 saturated heterocycles. The van der Waals surface area contributed by atoms with E-state index in [0.29, 0.717) is 43.6 Å². The number of methoxy groups -OCH3 is 1. The molecule has 0 N–H and O–H groups in total. The molecule has 0 radical (unpaired) electrons. The summed E-state index contributed by atoms with van der Waals surface area (Å²) in [6.45, 7) is 2.90. The number of rotatable bonds is 4. The van der Waals surface area contributed by atoms with Crippen molar-refractivity contribution in [2.24, 2.45) is 11.8 Å². The second kappa shape index (κ2) is 6.22. The number of hydrogen-bond acceptors (Lipinski definition) is 4. The number of nitrogens with zero attached hydrogens (tertiary/aromatic N) is 3. The second-order valence-electron chi connectivity index (χ2n) is 5.70. The third-order valence-corrected chi connectivity index (χ3v) is 4.52. The third-order valence-electron chi connectivity index (χ3n) is 4.31. The van der Waals surface area contributed by atoms with Crippen molar-refractivity contribution < 1.29 is 14.3 Å². The van der Waals surface area contributed by atoms with Crippen LogP contribution in [0.1, 0.15) is 10.5 Å². The molecule has 3 rings (SSSR count). The van der Waals surface area contributed by atoms with E-state index in [1.165, 1.54) is 0 Å². The molecule has 0 saturated carbocycles. The van der Waals surface area contributed by atoms with Crippen LogP contribution in [0.15, 0.2) is 18.2 Å². The maximum atomic E-state index is 12.5. The lowest BCUT2D eigenvalue weighted by Gasteiger charge is -2.21. The highest BCUT2D eigenvalue weighted by Gasteiger charge is 2.47. The molecule has 0 bridgehead atoms. The van der Waals surface area contributed by atoms with Crippen LogP contribution in [0, 0.1) is 11.8 Å². The van der Waals surface area contributed by atoms with Gasteiger partial charge >= 0.3 is 0 Å². The molecular weight excluding hydrogens is 306 g/mol. The molecule has 118 valence electrons. The minimum atomic E-state index is -0.159. The van der Waals surface area contributed by atoms with Crippen molar-refractivity contribution in [2.45, 2.75) is 0 Å². The van der Waals surface area contributed by atoms with Crippen LogP contribution < -0.4 is 0 Å². The Bertz CT molecular complexity index is 595. The molecule has 7 heteroatoms. The molecule has 2 atom stereocenters. The Kier molecular flexibility index (Phi) is 4.31. The highest BCUT2D eigenvalue weighted by Crippen LogP contribution is 2.32. The van der Waals surface area contributed by atoms with E-state index in [2.05, 4.69) is 4.98 Å². The van der Waals surface area contributed by atoms with Crippen LogP contribution in [-0.2, 0) is 9.53 Å². The summed E-state index contributed by atoms with van der Waals surface area (Å²) in [5.74, 6) is 0.0667. The number of likely N-dealkylation sites (tertiary alicyclic amines) is 2. The van der Waals surface area contributed by atoms with Crippen molar-refractivity contribution in [1.29, 1.82) is 0 Å². The molecule has 0 unspecified atom stereocenters. The number of carbonyl (C=O) groups is 2. The molecule has 1 aromatic rings. The predicted octanol–water partition coefficient (Wildman–Crippen LogP) is 0.912. The second-order valence-corrected chi connectivity index (χ2v) is 6.09. The van der Waals surface area contributed by atoms with Gasteiger partial charge in [-0.05, 0) is 12.1 Å². The molecule has 3 heterocycles. The lowest BCUT2D eigenvalue weighted by Crippen LogP contribution is -2.37. The molecule has 0 spiro atoms. The number of fused-ring (bicyclic) bond motifs is 1. The summed E-state index contributed by atoms with van der Waals surface area (Å²) in [5.41, 5.74) is 0.330. The molecule has 22 heavy (non-hydrogen) atoms. The first-order valence-electron chi connectivity index (χ1n) is 7.29. The monoisotopic (exact) mass is 323 g/mol. The van der Waals surface area contributed by atoms with Crippen molar-refractivity contribution in [1.82, 2.24) is 14.8 Å². The zero-order valence-electron chi connectivity index (χ0n) is 12.4. The van der Waals surface area contributed by atoms with Crippen LogP contribution in [0.25, 0.3) is 0 Å². The van der Waals surface area contributed by atoms with Gasteiger partial charge in [-0.1, -0.05) is 17.7 Å². The highest BCUT2D eigenvalue weighted by atomic mass is 35.5. The van der Waals surface area contributed by atoms with Crippen LogP contribution in [0.3, 0.4) is 0 Å². The fourth-order valence-corrected chi connectivity index (χ4v) is 3.37. The van der Waals surface area contributed by atoms with Crippen LogP contribution in [-0.4, -0.2) is 66.5 Å². The molecule has 2 aliphatic heterocycles. The molecule has 1 aromatic heterocycles. The SMILES string of the molecule is COCCN1C[C@@H]2CN(C(=O)c3cccc(Cl)n3)C[C@@H]2C1=O. The highest BCUT2D eigenvalue weighted by molar-refractivity contribution is 6.29. The van der Waals surface area contributed by atoms with Gasteiger partial charge in [0.1, 0.15) is 10.8 Å². The van der Waals surface area contributed by atoms with E-state index in [0.717, 1.165) is 0 Å². The van der Waals surface area contributed by atoms with Crippen LogP contribution in [0.2, 0.25) is 5.15 Å². The topological polar surface area (TPSA) is 62.7 Å². The largest absolute Gasteiger partial charge is 0.383 e. The number of halogens is 1. The van der Waals surface area contributed by atoms with Gasteiger partial charge in [0.15, 0.2) is 0 Å². The molecule has 6 nitrogen and oxygen atoms in total. The lowest BCUT2D eigenvalue weighted by molar-refractivity contribution is -0.131. The maximum absolute atomic E-state index is 12.5. The zero-order valence-corrected chi connectivity index (χ0v) is 13.1. The fraction of sp³-hybridized carbons (Fsp3) is 0.533. The van der Waals surface area contributed by atoms with E-state index in [-0.39, 0.29) is 23.7 Å². The fourth-order valence-electron chi connectivity index (χ4n) is 3.20. The minimum Gasteiger partial charge on any atom is -0.383 e. The smallest absolute Gasteiger partial charge is 0.272 e. The number of pyridine rings is 1. The molecule has 2 fully saturated rings. The Morgan fingerprint density at radius 2 is 2.23 bits per heavy atom.